The van der Waals surface area contributed by atoms with Crippen LogP contribution < -0.4 is 10.7 Å². The summed E-state index contributed by atoms with van der Waals surface area (Å²) in [7, 11) is 0. The summed E-state index contributed by atoms with van der Waals surface area (Å²) in [5.74, 6) is 0. The lowest BCUT2D eigenvalue weighted by atomic mass is 10.1. The molecule has 5 nitrogen and oxygen atoms in total. The van der Waals surface area contributed by atoms with E-state index in [9.17, 15) is 0 Å². The summed E-state index contributed by atoms with van der Waals surface area (Å²) in [6.07, 6.45) is 3.27. The van der Waals surface area contributed by atoms with E-state index in [4.69, 9.17) is 12.2 Å². The summed E-state index contributed by atoms with van der Waals surface area (Å²) >= 11 is 5.12. The fourth-order valence-electron chi connectivity index (χ4n) is 1.56. The number of fused-ring (bicyclic) bond motifs is 1. The van der Waals surface area contributed by atoms with Gasteiger partial charge in [0.15, 0.2) is 5.11 Å². The second-order valence-electron chi connectivity index (χ2n) is 5.36. The molecular formula is C14H17N5S. The molecule has 0 fully saturated rings. The molecule has 0 aliphatic rings. The lowest BCUT2D eigenvalue weighted by Gasteiger charge is -2.21. The van der Waals surface area contributed by atoms with E-state index in [2.05, 4.69) is 25.8 Å². The van der Waals surface area contributed by atoms with Crippen molar-refractivity contribution in [2.75, 3.05) is 0 Å². The Labute approximate surface area is 123 Å². The molecule has 1 heterocycles. The molecule has 2 rings (SSSR count). The van der Waals surface area contributed by atoms with E-state index in [0.29, 0.717) is 10.8 Å². The number of nitrogens with one attached hydrogen (secondary N) is 2. The predicted octanol–water partition coefficient (Wildman–Crippen LogP) is 2.23. The average molecular weight is 287 g/mol. The van der Waals surface area contributed by atoms with Crippen molar-refractivity contribution in [2.45, 2.75) is 26.3 Å². The van der Waals surface area contributed by atoms with Crippen LogP contribution in [0.25, 0.3) is 11.0 Å². The molecule has 20 heavy (non-hydrogen) atoms. The molecule has 0 aliphatic carbocycles. The average Bonchev–Trinajstić information content (AvgIpc) is 2.36. The van der Waals surface area contributed by atoms with E-state index < -0.39 is 0 Å². The quantitative estimate of drug-likeness (QED) is 0.504. The molecule has 104 valence electrons. The number of para-hydroxylation sites is 2. The van der Waals surface area contributed by atoms with Crippen molar-refractivity contribution >= 4 is 34.6 Å². The van der Waals surface area contributed by atoms with Gasteiger partial charge >= 0.3 is 0 Å². The minimum absolute atomic E-state index is 0.0949. The van der Waals surface area contributed by atoms with Gasteiger partial charge in [-0.25, -0.2) is 4.98 Å². The van der Waals surface area contributed by atoms with Crippen molar-refractivity contribution in [1.82, 2.24) is 20.7 Å². The van der Waals surface area contributed by atoms with Gasteiger partial charge in [0.05, 0.1) is 23.4 Å². The maximum Gasteiger partial charge on any atom is 0.187 e. The first-order valence-electron chi connectivity index (χ1n) is 6.27. The highest BCUT2D eigenvalue weighted by Crippen LogP contribution is 2.07. The molecule has 0 atom stereocenters. The van der Waals surface area contributed by atoms with Gasteiger partial charge in [-0.15, -0.1) is 0 Å². The van der Waals surface area contributed by atoms with Gasteiger partial charge in [0.2, 0.25) is 0 Å². The van der Waals surface area contributed by atoms with Crippen LogP contribution in [0.3, 0.4) is 0 Å². The predicted molar refractivity (Wildman–Crippen MR) is 85.8 cm³/mol. The van der Waals surface area contributed by atoms with Gasteiger partial charge in [-0.1, -0.05) is 12.1 Å². The number of benzene rings is 1. The Morgan fingerprint density at radius 1 is 1.25 bits per heavy atom. The molecule has 6 heteroatoms. The Hall–Kier alpha value is -2.08. The fourth-order valence-corrected chi connectivity index (χ4v) is 1.92. The SMILES string of the molecule is CC(C)(C)NC(=S)N/N=C\c1cnc2ccccc2n1. The number of rotatable bonds is 2. The van der Waals surface area contributed by atoms with Crippen LogP contribution in [0.4, 0.5) is 0 Å². The zero-order chi connectivity index (χ0) is 14.6. The summed E-state index contributed by atoms with van der Waals surface area (Å²) in [6.45, 7) is 6.08. The van der Waals surface area contributed by atoms with Crippen molar-refractivity contribution < 1.29 is 0 Å². The smallest absolute Gasteiger partial charge is 0.187 e. The van der Waals surface area contributed by atoms with E-state index in [0.717, 1.165) is 11.0 Å². The summed E-state index contributed by atoms with van der Waals surface area (Å²) in [5, 5.41) is 7.63. The standard InChI is InChI=1S/C14H17N5S/c1-14(2,3)18-13(20)19-16-9-10-8-15-11-6-4-5-7-12(11)17-10/h4-9H,1-3H3,(H2,18,19,20)/b16-9-. The van der Waals surface area contributed by atoms with Crippen LogP contribution in [0, 0.1) is 0 Å². The van der Waals surface area contributed by atoms with Crippen molar-refractivity contribution in [3.63, 3.8) is 0 Å². The number of hydrogen-bond acceptors (Lipinski definition) is 4. The first-order chi connectivity index (χ1) is 9.44. The van der Waals surface area contributed by atoms with Crippen molar-refractivity contribution in [3.05, 3.63) is 36.2 Å². The second kappa shape index (κ2) is 5.92. The molecule has 1 aromatic heterocycles. The Morgan fingerprint density at radius 3 is 2.65 bits per heavy atom. The largest absolute Gasteiger partial charge is 0.357 e. The first-order valence-corrected chi connectivity index (χ1v) is 6.68. The molecule has 0 radical (unpaired) electrons. The number of nitrogens with zero attached hydrogens (tertiary/aromatic N) is 3. The van der Waals surface area contributed by atoms with Crippen molar-refractivity contribution in [1.29, 1.82) is 0 Å². The van der Waals surface area contributed by atoms with E-state index in [-0.39, 0.29) is 5.54 Å². The van der Waals surface area contributed by atoms with Gasteiger partial charge in [0.1, 0.15) is 5.69 Å². The third-order valence-corrected chi connectivity index (χ3v) is 2.51. The van der Waals surface area contributed by atoms with Crippen LogP contribution in [0.5, 0.6) is 0 Å². The third kappa shape index (κ3) is 4.24. The summed E-state index contributed by atoms with van der Waals surface area (Å²) in [5.41, 5.74) is 5.04. The van der Waals surface area contributed by atoms with Crippen LogP contribution in [0.15, 0.2) is 35.6 Å². The van der Waals surface area contributed by atoms with Gasteiger partial charge in [0, 0.05) is 5.54 Å². The van der Waals surface area contributed by atoms with E-state index in [1.807, 2.05) is 45.0 Å². The van der Waals surface area contributed by atoms with Crippen LogP contribution in [0.2, 0.25) is 0 Å². The van der Waals surface area contributed by atoms with Gasteiger partial charge in [-0.2, -0.15) is 5.10 Å². The van der Waals surface area contributed by atoms with Gasteiger partial charge in [-0.05, 0) is 45.1 Å². The summed E-state index contributed by atoms with van der Waals surface area (Å²) < 4.78 is 0. The maximum atomic E-state index is 5.12. The number of hydrazone groups is 1. The molecule has 0 amide bonds. The van der Waals surface area contributed by atoms with E-state index in [1.165, 1.54) is 0 Å². The summed E-state index contributed by atoms with van der Waals surface area (Å²) in [6, 6.07) is 7.70. The van der Waals surface area contributed by atoms with E-state index in [1.54, 1.807) is 12.4 Å². The normalized spacial score (nSPS) is 11.8. The minimum Gasteiger partial charge on any atom is -0.357 e. The van der Waals surface area contributed by atoms with Crippen molar-refractivity contribution in [2.24, 2.45) is 5.10 Å². The first kappa shape index (κ1) is 14.3. The Kier molecular flexibility index (Phi) is 4.24. The number of aromatic nitrogens is 2. The molecule has 0 unspecified atom stereocenters. The van der Waals surface area contributed by atoms with Crippen LogP contribution >= 0.6 is 12.2 Å². The molecule has 0 saturated heterocycles. The van der Waals surface area contributed by atoms with Crippen LogP contribution in [-0.2, 0) is 0 Å². The monoisotopic (exact) mass is 287 g/mol. The number of hydrogen-bond donors (Lipinski definition) is 2. The fraction of sp³-hybridized carbons (Fsp3) is 0.286. The molecule has 2 N–H and O–H groups in total. The highest BCUT2D eigenvalue weighted by Gasteiger charge is 2.09. The Morgan fingerprint density at radius 2 is 1.95 bits per heavy atom. The molecular weight excluding hydrogens is 270 g/mol. The lowest BCUT2D eigenvalue weighted by Crippen LogP contribution is -2.44. The highest BCUT2D eigenvalue weighted by molar-refractivity contribution is 7.80. The molecule has 0 bridgehead atoms. The van der Waals surface area contributed by atoms with Crippen LogP contribution in [0.1, 0.15) is 26.5 Å². The second-order valence-corrected chi connectivity index (χ2v) is 5.77. The lowest BCUT2D eigenvalue weighted by molar-refractivity contribution is 0.508. The molecule has 0 aliphatic heterocycles. The molecule has 0 saturated carbocycles. The van der Waals surface area contributed by atoms with Gasteiger partial charge < -0.3 is 5.32 Å². The maximum absolute atomic E-state index is 5.12. The van der Waals surface area contributed by atoms with Crippen molar-refractivity contribution in [3.8, 4) is 0 Å². The minimum atomic E-state index is -0.0949. The van der Waals surface area contributed by atoms with E-state index >= 15 is 0 Å². The zero-order valence-electron chi connectivity index (χ0n) is 11.7. The molecule has 1 aromatic carbocycles. The van der Waals surface area contributed by atoms with Gasteiger partial charge in [-0.3, -0.25) is 10.4 Å². The molecule has 2 aromatic rings. The van der Waals surface area contributed by atoms with Crippen LogP contribution in [-0.4, -0.2) is 26.8 Å². The Balaban J connectivity index is 2.01. The van der Waals surface area contributed by atoms with Gasteiger partial charge in [0.25, 0.3) is 0 Å². The third-order valence-electron chi connectivity index (χ3n) is 2.32. The summed E-state index contributed by atoms with van der Waals surface area (Å²) in [4.78, 5) is 8.74. The zero-order valence-corrected chi connectivity index (χ0v) is 12.5. The highest BCUT2D eigenvalue weighted by atomic mass is 32.1. The molecule has 0 spiro atoms. The Bertz CT molecular complexity index is 645. The number of thiocarbonyl (C=S) groups is 1. The topological polar surface area (TPSA) is 62.2 Å².